The molecular formula is C23H34O2. The number of carbonyl (C=O) groups excluding carboxylic acids is 1. The second-order valence-corrected chi connectivity index (χ2v) is 9.51. The Hall–Kier alpha value is -1.05. The maximum absolute atomic E-state index is 11.4. The first-order chi connectivity index (χ1) is 11.9. The topological polar surface area (TPSA) is 26.3 Å². The number of ether oxygens (including phenoxy) is 1. The highest BCUT2D eigenvalue weighted by atomic mass is 16.5. The third-order valence-corrected chi connectivity index (χ3v) is 8.51. The van der Waals surface area contributed by atoms with Crippen LogP contribution in [-0.2, 0) is 9.53 Å². The zero-order valence-electron chi connectivity index (χ0n) is 16.4. The maximum atomic E-state index is 11.4. The predicted octanol–water partition coefficient (Wildman–Crippen LogP) is 5.83. The average Bonchev–Trinajstić information content (AvgIpc) is 2.91. The molecule has 4 rings (SSSR count). The van der Waals surface area contributed by atoms with Gasteiger partial charge in [-0.05, 0) is 73.5 Å². The van der Waals surface area contributed by atoms with Gasteiger partial charge in [0, 0.05) is 13.3 Å². The first kappa shape index (κ1) is 17.4. The minimum absolute atomic E-state index is 0.113. The van der Waals surface area contributed by atoms with Gasteiger partial charge in [0.05, 0.1) is 0 Å². The first-order valence-electron chi connectivity index (χ1n) is 10.4. The van der Waals surface area contributed by atoms with Crippen molar-refractivity contribution < 1.29 is 9.53 Å². The minimum Gasteiger partial charge on any atom is -0.462 e. The number of fused-ring (bicyclic) bond motifs is 5. The van der Waals surface area contributed by atoms with Crippen molar-refractivity contribution in [3.8, 4) is 0 Å². The fourth-order valence-electron chi connectivity index (χ4n) is 7.17. The van der Waals surface area contributed by atoms with Crippen LogP contribution in [0.25, 0.3) is 0 Å². The van der Waals surface area contributed by atoms with Crippen LogP contribution in [0.4, 0.5) is 0 Å². The van der Waals surface area contributed by atoms with Crippen molar-refractivity contribution in [2.24, 2.45) is 28.6 Å². The molecule has 2 heteroatoms. The van der Waals surface area contributed by atoms with E-state index in [-0.39, 0.29) is 12.1 Å². The molecule has 0 radical (unpaired) electrons. The second kappa shape index (κ2) is 5.99. The summed E-state index contributed by atoms with van der Waals surface area (Å²) in [4.78, 5) is 11.4. The number of esters is 1. The van der Waals surface area contributed by atoms with Crippen LogP contribution in [0.5, 0.6) is 0 Å². The number of rotatable bonds is 2. The Morgan fingerprint density at radius 1 is 1.12 bits per heavy atom. The van der Waals surface area contributed by atoms with Crippen molar-refractivity contribution in [1.82, 2.24) is 0 Å². The van der Waals surface area contributed by atoms with E-state index in [0.717, 1.165) is 30.6 Å². The molecule has 4 aliphatic carbocycles. The van der Waals surface area contributed by atoms with Crippen molar-refractivity contribution >= 4 is 5.97 Å². The molecule has 0 heterocycles. The molecule has 2 fully saturated rings. The van der Waals surface area contributed by atoms with E-state index >= 15 is 0 Å². The Morgan fingerprint density at radius 2 is 1.88 bits per heavy atom. The second-order valence-electron chi connectivity index (χ2n) is 9.51. The molecule has 6 atom stereocenters. The van der Waals surface area contributed by atoms with Gasteiger partial charge >= 0.3 is 5.97 Å². The molecule has 25 heavy (non-hydrogen) atoms. The van der Waals surface area contributed by atoms with Crippen LogP contribution in [0.2, 0.25) is 0 Å². The molecule has 0 N–H and O–H groups in total. The highest BCUT2D eigenvalue weighted by Crippen LogP contribution is 2.65. The Labute approximate surface area is 153 Å². The normalized spacial score (nSPS) is 45.6. The molecule has 2 saturated carbocycles. The lowest BCUT2D eigenvalue weighted by Gasteiger charge is -2.57. The third kappa shape index (κ3) is 2.54. The molecule has 0 aromatic heterocycles. The SMILES string of the molecule is CCC1=CC[C@H]2[C@@H]3CC=C4C[C@@H](OC(C)=O)CC[C@]4(C)[C@H]3CC[C@]12C. The van der Waals surface area contributed by atoms with Gasteiger partial charge in [0.2, 0.25) is 0 Å². The van der Waals surface area contributed by atoms with Crippen LogP contribution in [0.1, 0.15) is 79.1 Å². The zero-order chi connectivity index (χ0) is 17.8. The molecule has 0 aromatic carbocycles. The van der Waals surface area contributed by atoms with Gasteiger partial charge in [0.1, 0.15) is 6.10 Å². The van der Waals surface area contributed by atoms with Crippen molar-refractivity contribution in [2.75, 3.05) is 0 Å². The zero-order valence-corrected chi connectivity index (χ0v) is 16.4. The van der Waals surface area contributed by atoms with Crippen LogP contribution in [0.3, 0.4) is 0 Å². The van der Waals surface area contributed by atoms with E-state index in [1.807, 2.05) is 0 Å². The van der Waals surface area contributed by atoms with Gasteiger partial charge in [-0.25, -0.2) is 0 Å². The summed E-state index contributed by atoms with van der Waals surface area (Å²) in [5.41, 5.74) is 4.13. The number of allylic oxidation sites excluding steroid dienone is 3. The van der Waals surface area contributed by atoms with Gasteiger partial charge in [-0.3, -0.25) is 4.79 Å². The van der Waals surface area contributed by atoms with Crippen molar-refractivity contribution in [3.05, 3.63) is 23.3 Å². The van der Waals surface area contributed by atoms with E-state index < -0.39 is 0 Å². The lowest BCUT2D eigenvalue weighted by atomic mass is 9.47. The van der Waals surface area contributed by atoms with Gasteiger partial charge in [0.15, 0.2) is 0 Å². The Balaban J connectivity index is 1.58. The first-order valence-corrected chi connectivity index (χ1v) is 10.4. The number of hydrogen-bond acceptors (Lipinski definition) is 2. The number of carbonyl (C=O) groups is 1. The molecular weight excluding hydrogens is 308 g/mol. The van der Waals surface area contributed by atoms with E-state index in [1.165, 1.54) is 38.5 Å². The molecule has 0 amide bonds. The molecule has 4 aliphatic rings. The predicted molar refractivity (Wildman–Crippen MR) is 101 cm³/mol. The molecule has 0 unspecified atom stereocenters. The largest absolute Gasteiger partial charge is 0.462 e. The van der Waals surface area contributed by atoms with Gasteiger partial charge in [-0.1, -0.05) is 44.1 Å². The summed E-state index contributed by atoms with van der Waals surface area (Å²) in [7, 11) is 0. The highest BCUT2D eigenvalue weighted by Gasteiger charge is 2.56. The molecule has 0 spiro atoms. The van der Waals surface area contributed by atoms with E-state index in [0.29, 0.717) is 10.8 Å². The lowest BCUT2D eigenvalue weighted by Crippen LogP contribution is -2.50. The van der Waals surface area contributed by atoms with Crippen LogP contribution >= 0.6 is 0 Å². The summed E-state index contributed by atoms with van der Waals surface area (Å²) in [5.74, 6) is 2.40. The molecule has 2 nitrogen and oxygen atoms in total. The fourth-order valence-corrected chi connectivity index (χ4v) is 7.17. The van der Waals surface area contributed by atoms with Crippen molar-refractivity contribution in [2.45, 2.75) is 85.2 Å². The maximum Gasteiger partial charge on any atom is 0.302 e. The summed E-state index contributed by atoms with van der Waals surface area (Å²) in [5, 5.41) is 0. The Kier molecular flexibility index (Phi) is 4.16. The minimum atomic E-state index is -0.125. The molecule has 0 saturated heterocycles. The summed E-state index contributed by atoms with van der Waals surface area (Å²) in [6.07, 6.45) is 15.0. The van der Waals surface area contributed by atoms with Crippen LogP contribution < -0.4 is 0 Å². The highest BCUT2D eigenvalue weighted by molar-refractivity contribution is 5.66. The van der Waals surface area contributed by atoms with E-state index in [4.69, 9.17) is 4.74 Å². The standard InChI is InChI=1S/C23H34O2/c1-5-16-7-9-20-19-8-6-17-14-18(25-15(2)24)10-12-23(17,4)21(19)11-13-22(16,20)3/h6-7,18-21H,5,8-14H2,1-4H3/t18-,19-,20-,21-,22+,23-/m0/s1. The Morgan fingerprint density at radius 3 is 2.60 bits per heavy atom. The lowest BCUT2D eigenvalue weighted by molar-refractivity contribution is -0.148. The van der Waals surface area contributed by atoms with E-state index in [9.17, 15) is 4.79 Å². The molecule has 0 aliphatic heterocycles. The Bertz CT molecular complexity index is 630. The van der Waals surface area contributed by atoms with Crippen LogP contribution in [0.15, 0.2) is 23.3 Å². The van der Waals surface area contributed by atoms with E-state index in [1.54, 1.807) is 18.1 Å². The quantitative estimate of drug-likeness (QED) is 0.466. The number of hydrogen-bond donors (Lipinski definition) is 0. The summed E-state index contributed by atoms with van der Waals surface area (Å²) in [6.45, 7) is 8.95. The smallest absolute Gasteiger partial charge is 0.302 e. The van der Waals surface area contributed by atoms with Crippen molar-refractivity contribution in [3.63, 3.8) is 0 Å². The van der Waals surface area contributed by atoms with Gasteiger partial charge in [-0.2, -0.15) is 0 Å². The van der Waals surface area contributed by atoms with Crippen molar-refractivity contribution in [1.29, 1.82) is 0 Å². The van der Waals surface area contributed by atoms with Crippen LogP contribution in [0, 0.1) is 28.6 Å². The summed E-state index contributed by atoms with van der Waals surface area (Å²) < 4.78 is 5.55. The third-order valence-electron chi connectivity index (χ3n) is 8.51. The molecule has 0 aromatic rings. The fraction of sp³-hybridized carbons (Fsp3) is 0.783. The monoisotopic (exact) mass is 342 g/mol. The van der Waals surface area contributed by atoms with Crippen LogP contribution in [-0.4, -0.2) is 12.1 Å². The summed E-state index contributed by atoms with van der Waals surface area (Å²) in [6, 6.07) is 0. The summed E-state index contributed by atoms with van der Waals surface area (Å²) >= 11 is 0. The average molecular weight is 343 g/mol. The molecule has 138 valence electrons. The molecule has 0 bridgehead atoms. The van der Waals surface area contributed by atoms with Gasteiger partial charge in [-0.15, -0.1) is 0 Å². The van der Waals surface area contributed by atoms with Gasteiger partial charge < -0.3 is 4.74 Å². The van der Waals surface area contributed by atoms with Gasteiger partial charge in [0.25, 0.3) is 0 Å². The van der Waals surface area contributed by atoms with E-state index in [2.05, 4.69) is 32.9 Å².